The van der Waals surface area contributed by atoms with Gasteiger partial charge in [-0.15, -0.1) is 0 Å². The normalized spacial score (nSPS) is 14.3. The van der Waals surface area contributed by atoms with Gasteiger partial charge in [0.1, 0.15) is 0 Å². The fourth-order valence-electron chi connectivity index (χ4n) is 3.74. The number of carboxylic acids is 1. The van der Waals surface area contributed by atoms with Gasteiger partial charge in [-0.05, 0) is 19.3 Å². The SMILES string of the molecule is CCCCCCCCCCCCCC1=C(O)C(=O)C=C(N(C)CCCC(=O)O)C1=O. The second-order valence-corrected chi connectivity index (χ2v) is 8.25. The Balaban J connectivity index is 2.34. The standard InChI is InChI=1S/C24H39NO5/c1-3-4-5-6-7-8-9-10-11-12-13-15-19-23(29)20(18-21(26)24(19)30)25(2)17-14-16-22(27)28/h18,30H,3-17H2,1-2H3,(H,27,28). The summed E-state index contributed by atoms with van der Waals surface area (Å²) in [6, 6.07) is 0. The highest BCUT2D eigenvalue weighted by atomic mass is 16.4. The van der Waals surface area contributed by atoms with E-state index in [0.717, 1.165) is 25.3 Å². The fraction of sp³-hybridized carbons (Fsp3) is 0.708. The number of allylic oxidation sites excluding steroid dienone is 2. The molecule has 0 amide bonds. The quantitative estimate of drug-likeness (QED) is 0.243. The molecular formula is C24H39NO5. The van der Waals surface area contributed by atoms with Crippen LogP contribution in [0.25, 0.3) is 0 Å². The Morgan fingerprint density at radius 3 is 1.97 bits per heavy atom. The van der Waals surface area contributed by atoms with Crippen LogP contribution in [0.15, 0.2) is 23.1 Å². The zero-order valence-corrected chi connectivity index (χ0v) is 18.8. The summed E-state index contributed by atoms with van der Waals surface area (Å²) in [5.74, 6) is -2.20. The molecule has 1 aliphatic carbocycles. The van der Waals surface area contributed by atoms with Crippen molar-refractivity contribution in [2.75, 3.05) is 13.6 Å². The summed E-state index contributed by atoms with van der Waals surface area (Å²) in [5, 5.41) is 18.8. The summed E-state index contributed by atoms with van der Waals surface area (Å²) >= 11 is 0. The number of rotatable bonds is 17. The van der Waals surface area contributed by atoms with E-state index >= 15 is 0 Å². The molecule has 30 heavy (non-hydrogen) atoms. The second-order valence-electron chi connectivity index (χ2n) is 8.25. The zero-order valence-electron chi connectivity index (χ0n) is 18.8. The maximum Gasteiger partial charge on any atom is 0.303 e. The van der Waals surface area contributed by atoms with E-state index in [1.54, 1.807) is 11.9 Å². The van der Waals surface area contributed by atoms with Crippen molar-refractivity contribution in [2.45, 2.75) is 96.8 Å². The van der Waals surface area contributed by atoms with Crippen LogP contribution >= 0.6 is 0 Å². The third kappa shape index (κ3) is 9.59. The number of ketones is 2. The number of aliphatic hydroxyl groups excluding tert-OH is 1. The highest BCUT2D eigenvalue weighted by molar-refractivity contribution is 6.21. The lowest BCUT2D eigenvalue weighted by Gasteiger charge is -2.25. The molecule has 0 unspecified atom stereocenters. The van der Waals surface area contributed by atoms with E-state index in [1.165, 1.54) is 51.4 Å². The monoisotopic (exact) mass is 421 g/mol. The topological polar surface area (TPSA) is 94.9 Å². The second kappa shape index (κ2) is 14.8. The van der Waals surface area contributed by atoms with Crippen molar-refractivity contribution < 1.29 is 24.6 Å². The van der Waals surface area contributed by atoms with E-state index in [9.17, 15) is 19.5 Å². The van der Waals surface area contributed by atoms with Crippen molar-refractivity contribution in [1.29, 1.82) is 0 Å². The molecular weight excluding hydrogens is 382 g/mol. The Hall–Kier alpha value is -2.11. The van der Waals surface area contributed by atoms with Gasteiger partial charge in [0.05, 0.1) is 5.70 Å². The predicted molar refractivity (Wildman–Crippen MR) is 118 cm³/mol. The Labute approximate surface area is 181 Å². The van der Waals surface area contributed by atoms with Crippen LogP contribution in [0, 0.1) is 0 Å². The van der Waals surface area contributed by atoms with Crippen LogP contribution < -0.4 is 0 Å². The summed E-state index contributed by atoms with van der Waals surface area (Å²) < 4.78 is 0. The van der Waals surface area contributed by atoms with Gasteiger partial charge in [0.15, 0.2) is 5.76 Å². The summed E-state index contributed by atoms with van der Waals surface area (Å²) in [7, 11) is 1.67. The predicted octanol–water partition coefficient (Wildman–Crippen LogP) is 5.33. The number of hydrogen-bond donors (Lipinski definition) is 2. The van der Waals surface area contributed by atoms with E-state index in [1.807, 2.05) is 0 Å². The summed E-state index contributed by atoms with van der Waals surface area (Å²) in [5.41, 5.74) is 0.430. The van der Waals surface area contributed by atoms with Crippen molar-refractivity contribution >= 4 is 17.5 Å². The highest BCUT2D eigenvalue weighted by Gasteiger charge is 2.29. The largest absolute Gasteiger partial charge is 0.504 e. The van der Waals surface area contributed by atoms with Crippen molar-refractivity contribution in [3.05, 3.63) is 23.1 Å². The number of Topliss-reactive ketones (excluding diaryl/α,β-unsaturated/α-hetero) is 1. The minimum Gasteiger partial charge on any atom is -0.504 e. The molecule has 0 saturated carbocycles. The molecule has 0 atom stereocenters. The Kier molecular flexibility index (Phi) is 12.8. The van der Waals surface area contributed by atoms with Crippen LogP contribution in [0.3, 0.4) is 0 Å². The first-order chi connectivity index (χ1) is 14.4. The number of hydrogen-bond acceptors (Lipinski definition) is 5. The molecule has 1 aliphatic rings. The van der Waals surface area contributed by atoms with E-state index in [0.29, 0.717) is 19.4 Å². The Bertz CT molecular complexity index is 636. The number of aliphatic hydroxyl groups is 1. The highest BCUT2D eigenvalue weighted by Crippen LogP contribution is 2.25. The third-order valence-electron chi connectivity index (χ3n) is 5.62. The molecule has 0 aromatic rings. The fourth-order valence-corrected chi connectivity index (χ4v) is 3.74. The number of nitrogens with zero attached hydrogens (tertiary/aromatic N) is 1. The number of carbonyl (C=O) groups excluding carboxylic acids is 2. The van der Waals surface area contributed by atoms with Crippen molar-refractivity contribution in [3.8, 4) is 0 Å². The molecule has 0 bridgehead atoms. The van der Waals surface area contributed by atoms with Gasteiger partial charge in [0, 0.05) is 31.7 Å². The van der Waals surface area contributed by atoms with Crippen LogP contribution in [0.5, 0.6) is 0 Å². The maximum absolute atomic E-state index is 12.7. The number of aliphatic carboxylic acids is 1. The number of likely N-dealkylation sites (N-methyl/N-ethyl adjacent to an activating group) is 1. The molecule has 0 aromatic carbocycles. The lowest BCUT2D eigenvalue weighted by atomic mass is 9.93. The van der Waals surface area contributed by atoms with Gasteiger partial charge < -0.3 is 15.1 Å². The molecule has 0 radical (unpaired) electrons. The molecule has 1 rings (SSSR count). The van der Waals surface area contributed by atoms with Crippen LogP contribution in [0.4, 0.5) is 0 Å². The summed E-state index contributed by atoms with van der Waals surface area (Å²) in [6.07, 6.45) is 15.1. The first-order valence-electron chi connectivity index (χ1n) is 11.5. The minimum absolute atomic E-state index is 0.00639. The molecule has 6 nitrogen and oxygen atoms in total. The first kappa shape index (κ1) is 25.9. The van der Waals surface area contributed by atoms with E-state index in [2.05, 4.69) is 6.92 Å². The van der Waals surface area contributed by atoms with Gasteiger partial charge >= 0.3 is 5.97 Å². The molecule has 2 N–H and O–H groups in total. The molecule has 170 valence electrons. The molecule has 6 heteroatoms. The maximum atomic E-state index is 12.7. The van der Waals surface area contributed by atoms with Gasteiger partial charge in [-0.3, -0.25) is 14.4 Å². The minimum atomic E-state index is -0.891. The molecule has 0 saturated heterocycles. The van der Waals surface area contributed by atoms with Gasteiger partial charge in [0.2, 0.25) is 11.6 Å². The van der Waals surface area contributed by atoms with Crippen molar-refractivity contribution in [2.24, 2.45) is 0 Å². The van der Waals surface area contributed by atoms with Gasteiger partial charge in [0.25, 0.3) is 0 Å². The van der Waals surface area contributed by atoms with Crippen LogP contribution in [-0.2, 0) is 14.4 Å². The van der Waals surface area contributed by atoms with Crippen molar-refractivity contribution in [3.63, 3.8) is 0 Å². The molecule has 0 spiro atoms. The molecule has 0 heterocycles. The van der Waals surface area contributed by atoms with Crippen molar-refractivity contribution in [1.82, 2.24) is 4.90 Å². The Morgan fingerprint density at radius 2 is 1.43 bits per heavy atom. The number of carbonyl (C=O) groups is 3. The average molecular weight is 422 g/mol. The zero-order chi connectivity index (χ0) is 22.4. The van der Waals surface area contributed by atoms with Crippen LogP contribution in [0.2, 0.25) is 0 Å². The Morgan fingerprint density at radius 1 is 0.900 bits per heavy atom. The third-order valence-corrected chi connectivity index (χ3v) is 5.62. The van der Waals surface area contributed by atoms with E-state index in [4.69, 9.17) is 5.11 Å². The number of unbranched alkanes of at least 4 members (excludes halogenated alkanes) is 10. The molecule has 0 aromatic heterocycles. The lowest BCUT2D eigenvalue weighted by Crippen LogP contribution is -2.30. The first-order valence-corrected chi connectivity index (χ1v) is 11.5. The van der Waals surface area contributed by atoms with Gasteiger partial charge in [-0.25, -0.2) is 0 Å². The lowest BCUT2D eigenvalue weighted by molar-refractivity contribution is -0.137. The van der Waals surface area contributed by atoms with E-state index in [-0.39, 0.29) is 23.5 Å². The average Bonchev–Trinajstić information content (AvgIpc) is 2.70. The van der Waals surface area contributed by atoms with Gasteiger partial charge in [-0.1, -0.05) is 71.1 Å². The van der Waals surface area contributed by atoms with Gasteiger partial charge in [-0.2, -0.15) is 0 Å². The van der Waals surface area contributed by atoms with Crippen LogP contribution in [0.1, 0.15) is 96.8 Å². The summed E-state index contributed by atoms with van der Waals surface area (Å²) in [4.78, 5) is 37.1. The molecule has 0 aliphatic heterocycles. The number of carboxylic acid groups (broad SMARTS) is 1. The van der Waals surface area contributed by atoms with Crippen LogP contribution in [-0.4, -0.2) is 46.2 Å². The van der Waals surface area contributed by atoms with E-state index < -0.39 is 17.5 Å². The molecule has 0 fully saturated rings. The summed E-state index contributed by atoms with van der Waals surface area (Å²) in [6.45, 7) is 2.59. The smallest absolute Gasteiger partial charge is 0.303 e.